The molecule has 0 heterocycles. The normalized spacial score (nSPS) is 12.4. The highest BCUT2D eigenvalue weighted by atomic mass is 35.5. The van der Waals surface area contributed by atoms with Gasteiger partial charge in [0.05, 0.1) is 16.1 Å². The van der Waals surface area contributed by atoms with E-state index in [0.717, 1.165) is 0 Å². The quantitative estimate of drug-likeness (QED) is 0.805. The van der Waals surface area contributed by atoms with Crippen LogP contribution in [0, 0.1) is 5.82 Å². The zero-order valence-electron chi connectivity index (χ0n) is 9.82. The molecule has 0 fully saturated rings. The van der Waals surface area contributed by atoms with E-state index in [-0.39, 0.29) is 5.82 Å². The number of aliphatic hydroxyl groups is 1. The summed E-state index contributed by atoms with van der Waals surface area (Å²) in [6.45, 7) is 0. The van der Waals surface area contributed by atoms with Crippen LogP contribution in [0.4, 0.5) is 4.39 Å². The Labute approximate surface area is 125 Å². The Morgan fingerprint density at radius 3 is 2.53 bits per heavy atom. The second-order valence-electron chi connectivity index (χ2n) is 3.93. The first-order valence-corrected chi connectivity index (χ1v) is 7.32. The lowest BCUT2D eigenvalue weighted by Gasteiger charge is -2.11. The molecule has 1 unspecified atom stereocenters. The maximum atomic E-state index is 13.4. The van der Waals surface area contributed by atoms with Crippen molar-refractivity contribution in [1.82, 2.24) is 0 Å². The molecule has 1 atom stereocenters. The predicted octanol–water partition coefficient (Wildman–Crippen LogP) is 4.96. The van der Waals surface area contributed by atoms with Gasteiger partial charge in [-0.3, -0.25) is 0 Å². The summed E-state index contributed by atoms with van der Waals surface area (Å²) in [4.78, 5) is 0.515. The first kappa shape index (κ1) is 14.7. The second-order valence-corrected chi connectivity index (χ2v) is 5.81. The molecule has 0 aliphatic rings. The van der Waals surface area contributed by atoms with Crippen molar-refractivity contribution < 1.29 is 9.50 Å². The van der Waals surface area contributed by atoms with Gasteiger partial charge in [0.25, 0.3) is 0 Å². The van der Waals surface area contributed by atoms with E-state index in [0.29, 0.717) is 26.3 Å². The molecule has 2 aromatic carbocycles. The van der Waals surface area contributed by atoms with E-state index in [4.69, 9.17) is 23.2 Å². The maximum absolute atomic E-state index is 13.4. The summed E-state index contributed by atoms with van der Waals surface area (Å²) in [7, 11) is 0. The fourth-order valence-electron chi connectivity index (χ4n) is 1.55. The third kappa shape index (κ3) is 3.86. The maximum Gasteiger partial charge on any atom is 0.136 e. The Morgan fingerprint density at radius 1 is 1.11 bits per heavy atom. The standard InChI is InChI=1S/C14H11Cl2FOS/c15-10-6-5-9(7-11(10)16)13(18)8-19-14-4-2-1-3-12(14)17/h1-7,13,18H,8H2. The van der Waals surface area contributed by atoms with Crippen molar-refractivity contribution in [3.05, 3.63) is 63.9 Å². The van der Waals surface area contributed by atoms with Crippen LogP contribution in [-0.4, -0.2) is 10.9 Å². The van der Waals surface area contributed by atoms with Gasteiger partial charge < -0.3 is 5.11 Å². The van der Waals surface area contributed by atoms with Crippen LogP contribution in [0.15, 0.2) is 47.4 Å². The van der Waals surface area contributed by atoms with Crippen LogP contribution in [0.5, 0.6) is 0 Å². The minimum absolute atomic E-state index is 0.283. The summed E-state index contributed by atoms with van der Waals surface area (Å²) < 4.78 is 13.4. The number of hydrogen-bond acceptors (Lipinski definition) is 2. The smallest absolute Gasteiger partial charge is 0.136 e. The van der Waals surface area contributed by atoms with E-state index in [9.17, 15) is 9.50 Å². The molecule has 19 heavy (non-hydrogen) atoms. The average molecular weight is 317 g/mol. The van der Waals surface area contributed by atoms with Crippen molar-refractivity contribution in [3.8, 4) is 0 Å². The van der Waals surface area contributed by atoms with Crippen LogP contribution in [-0.2, 0) is 0 Å². The van der Waals surface area contributed by atoms with Gasteiger partial charge in [-0.2, -0.15) is 0 Å². The Bertz CT molecular complexity index is 577. The molecule has 0 saturated heterocycles. The molecule has 0 aliphatic carbocycles. The molecule has 0 bridgehead atoms. The predicted molar refractivity (Wildman–Crippen MR) is 78.5 cm³/mol. The zero-order valence-corrected chi connectivity index (χ0v) is 12.1. The average Bonchev–Trinajstić information content (AvgIpc) is 2.40. The lowest BCUT2D eigenvalue weighted by Crippen LogP contribution is -2.00. The van der Waals surface area contributed by atoms with Crippen molar-refractivity contribution in [2.75, 3.05) is 5.75 Å². The molecule has 5 heteroatoms. The van der Waals surface area contributed by atoms with Crippen molar-refractivity contribution in [1.29, 1.82) is 0 Å². The molecule has 100 valence electrons. The Balaban J connectivity index is 2.03. The lowest BCUT2D eigenvalue weighted by atomic mass is 10.1. The highest BCUT2D eigenvalue weighted by Crippen LogP contribution is 2.30. The van der Waals surface area contributed by atoms with Gasteiger partial charge in [0.15, 0.2) is 0 Å². The van der Waals surface area contributed by atoms with E-state index >= 15 is 0 Å². The van der Waals surface area contributed by atoms with Gasteiger partial charge in [0.2, 0.25) is 0 Å². The summed E-state index contributed by atoms with van der Waals surface area (Å²) in [5, 5.41) is 10.9. The van der Waals surface area contributed by atoms with Gasteiger partial charge in [-0.15, -0.1) is 11.8 Å². The molecule has 0 aromatic heterocycles. The largest absolute Gasteiger partial charge is 0.388 e. The van der Waals surface area contributed by atoms with Gasteiger partial charge in [-0.25, -0.2) is 4.39 Å². The number of benzene rings is 2. The van der Waals surface area contributed by atoms with Crippen LogP contribution < -0.4 is 0 Å². The number of aliphatic hydroxyl groups excluding tert-OH is 1. The van der Waals surface area contributed by atoms with Crippen molar-refractivity contribution >= 4 is 35.0 Å². The van der Waals surface area contributed by atoms with Gasteiger partial charge in [-0.05, 0) is 29.8 Å². The minimum atomic E-state index is -0.723. The molecule has 1 N–H and O–H groups in total. The molecular weight excluding hydrogens is 306 g/mol. The summed E-state index contributed by atoms with van der Waals surface area (Å²) in [5.74, 6) is 0.0626. The third-order valence-electron chi connectivity index (χ3n) is 2.56. The highest BCUT2D eigenvalue weighted by molar-refractivity contribution is 7.99. The van der Waals surface area contributed by atoms with Crippen molar-refractivity contribution in [2.24, 2.45) is 0 Å². The Morgan fingerprint density at radius 2 is 1.84 bits per heavy atom. The van der Waals surface area contributed by atoms with Crippen LogP contribution in [0.1, 0.15) is 11.7 Å². The summed E-state index contributed by atoms with van der Waals surface area (Å²) in [5.41, 5.74) is 0.665. The third-order valence-corrected chi connectivity index (χ3v) is 4.43. The summed E-state index contributed by atoms with van der Waals surface area (Å²) >= 11 is 13.0. The number of hydrogen-bond donors (Lipinski definition) is 1. The van der Waals surface area contributed by atoms with Gasteiger partial charge in [-0.1, -0.05) is 41.4 Å². The minimum Gasteiger partial charge on any atom is -0.388 e. The SMILES string of the molecule is OC(CSc1ccccc1F)c1ccc(Cl)c(Cl)c1. The van der Waals surface area contributed by atoms with E-state index in [1.54, 1.807) is 36.4 Å². The molecule has 0 amide bonds. The number of thioether (sulfide) groups is 1. The fourth-order valence-corrected chi connectivity index (χ4v) is 2.76. The molecule has 2 aromatic rings. The van der Waals surface area contributed by atoms with E-state index in [2.05, 4.69) is 0 Å². The lowest BCUT2D eigenvalue weighted by molar-refractivity contribution is 0.204. The van der Waals surface area contributed by atoms with E-state index < -0.39 is 6.10 Å². The van der Waals surface area contributed by atoms with Gasteiger partial charge in [0, 0.05) is 10.6 Å². The van der Waals surface area contributed by atoms with Crippen molar-refractivity contribution in [2.45, 2.75) is 11.0 Å². The number of rotatable bonds is 4. The Kier molecular flexibility index (Phi) is 5.11. The van der Waals surface area contributed by atoms with Gasteiger partial charge >= 0.3 is 0 Å². The van der Waals surface area contributed by atoms with E-state index in [1.165, 1.54) is 17.8 Å². The molecule has 1 nitrogen and oxygen atoms in total. The molecule has 0 radical (unpaired) electrons. The molecule has 0 saturated carbocycles. The molecular formula is C14H11Cl2FOS. The van der Waals surface area contributed by atoms with Crippen molar-refractivity contribution in [3.63, 3.8) is 0 Å². The van der Waals surface area contributed by atoms with Gasteiger partial charge in [0.1, 0.15) is 5.82 Å². The first-order valence-electron chi connectivity index (χ1n) is 5.58. The topological polar surface area (TPSA) is 20.2 Å². The van der Waals surface area contributed by atoms with Crippen LogP contribution in [0.3, 0.4) is 0 Å². The van der Waals surface area contributed by atoms with E-state index in [1.807, 2.05) is 0 Å². The zero-order chi connectivity index (χ0) is 13.8. The van der Waals surface area contributed by atoms with Crippen LogP contribution in [0.25, 0.3) is 0 Å². The van der Waals surface area contributed by atoms with Crippen LogP contribution >= 0.6 is 35.0 Å². The molecule has 0 aliphatic heterocycles. The monoisotopic (exact) mass is 316 g/mol. The Hall–Kier alpha value is -0.740. The second kappa shape index (κ2) is 6.62. The molecule has 2 rings (SSSR count). The fraction of sp³-hybridized carbons (Fsp3) is 0.143. The molecule has 0 spiro atoms. The highest BCUT2D eigenvalue weighted by Gasteiger charge is 2.11. The summed E-state index contributed by atoms with van der Waals surface area (Å²) in [6.07, 6.45) is -0.723. The summed E-state index contributed by atoms with van der Waals surface area (Å²) in [6, 6.07) is 11.4. The van der Waals surface area contributed by atoms with Crippen LogP contribution in [0.2, 0.25) is 10.0 Å². The number of halogens is 3. The first-order chi connectivity index (χ1) is 9.08.